The molecule has 0 fully saturated rings. The number of nitrogens with zero attached hydrogens (tertiary/aromatic N) is 1. The van der Waals surface area contributed by atoms with Crippen LogP contribution in [0.3, 0.4) is 0 Å². The van der Waals surface area contributed by atoms with Gasteiger partial charge in [-0.15, -0.1) is 6.42 Å². The molecule has 1 atom stereocenters. The van der Waals surface area contributed by atoms with E-state index in [1.807, 2.05) is 54.6 Å². The molecule has 0 bridgehead atoms. The van der Waals surface area contributed by atoms with Crippen molar-refractivity contribution in [2.45, 2.75) is 12.3 Å². The average Bonchev–Trinajstić information content (AvgIpc) is 3.10. The Kier molecular flexibility index (Phi) is 4.16. The number of ether oxygens (including phenoxy) is 1. The Morgan fingerprint density at radius 3 is 2.65 bits per heavy atom. The fraction of sp³-hybridized carbons (Fsp3) is 0.143. The van der Waals surface area contributed by atoms with Crippen molar-refractivity contribution in [2.75, 3.05) is 11.9 Å². The van der Waals surface area contributed by atoms with E-state index in [1.54, 1.807) is 0 Å². The van der Waals surface area contributed by atoms with Gasteiger partial charge in [0.25, 0.3) is 0 Å². The van der Waals surface area contributed by atoms with Crippen LogP contribution in [0.5, 0.6) is 5.75 Å². The molecule has 0 radical (unpaired) electrons. The lowest BCUT2D eigenvalue weighted by atomic mass is 9.84. The third kappa shape index (κ3) is 2.93. The summed E-state index contributed by atoms with van der Waals surface area (Å²) in [7, 11) is 0. The van der Waals surface area contributed by atoms with Gasteiger partial charge in [-0.2, -0.15) is 5.10 Å². The molecule has 1 unspecified atom stereocenters. The summed E-state index contributed by atoms with van der Waals surface area (Å²) in [4.78, 5) is 12.2. The van der Waals surface area contributed by atoms with Gasteiger partial charge in [-0.3, -0.25) is 9.89 Å². The van der Waals surface area contributed by atoms with Crippen LogP contribution in [-0.2, 0) is 4.79 Å². The minimum Gasteiger partial charge on any atom is -0.481 e. The van der Waals surface area contributed by atoms with E-state index in [2.05, 4.69) is 21.4 Å². The number of hydrogen-bond donors (Lipinski definition) is 2. The quantitative estimate of drug-likeness (QED) is 0.712. The molecule has 1 amide bonds. The zero-order valence-electron chi connectivity index (χ0n) is 14.0. The van der Waals surface area contributed by atoms with Crippen molar-refractivity contribution < 1.29 is 9.53 Å². The molecule has 2 aromatic carbocycles. The summed E-state index contributed by atoms with van der Waals surface area (Å²) in [5, 5.41) is 10.3. The van der Waals surface area contributed by atoms with Crippen LogP contribution in [0, 0.1) is 12.3 Å². The molecule has 0 aliphatic carbocycles. The van der Waals surface area contributed by atoms with E-state index in [9.17, 15) is 4.79 Å². The summed E-state index contributed by atoms with van der Waals surface area (Å²) >= 11 is 0. The fourth-order valence-electron chi connectivity index (χ4n) is 3.29. The van der Waals surface area contributed by atoms with E-state index in [-0.39, 0.29) is 18.4 Å². The van der Waals surface area contributed by atoms with Gasteiger partial charge < -0.3 is 10.1 Å². The Morgan fingerprint density at radius 2 is 1.92 bits per heavy atom. The van der Waals surface area contributed by atoms with Crippen molar-refractivity contribution in [3.63, 3.8) is 0 Å². The number of amides is 1. The molecule has 2 heterocycles. The summed E-state index contributed by atoms with van der Waals surface area (Å²) in [6.07, 6.45) is 5.59. The molecule has 5 nitrogen and oxygen atoms in total. The Morgan fingerprint density at radius 1 is 1.15 bits per heavy atom. The van der Waals surface area contributed by atoms with Gasteiger partial charge >= 0.3 is 0 Å². The van der Waals surface area contributed by atoms with Crippen LogP contribution >= 0.6 is 0 Å². The Labute approximate surface area is 151 Å². The molecule has 4 rings (SSSR count). The van der Waals surface area contributed by atoms with Gasteiger partial charge in [0.05, 0.1) is 5.69 Å². The highest BCUT2D eigenvalue weighted by atomic mass is 16.5. The third-order valence-corrected chi connectivity index (χ3v) is 4.47. The van der Waals surface area contributed by atoms with Gasteiger partial charge in [-0.25, -0.2) is 0 Å². The van der Waals surface area contributed by atoms with Crippen molar-refractivity contribution in [3.8, 4) is 29.4 Å². The molecule has 3 aromatic rings. The van der Waals surface area contributed by atoms with Crippen molar-refractivity contribution >= 4 is 11.7 Å². The second-order valence-corrected chi connectivity index (χ2v) is 6.09. The van der Waals surface area contributed by atoms with Gasteiger partial charge in [0, 0.05) is 17.9 Å². The van der Waals surface area contributed by atoms with E-state index in [0.29, 0.717) is 18.0 Å². The number of fused-ring (bicyclic) bond motifs is 1. The molecule has 1 aliphatic rings. The number of nitrogens with one attached hydrogen (secondary N) is 2. The topological polar surface area (TPSA) is 67.0 Å². The van der Waals surface area contributed by atoms with E-state index < -0.39 is 0 Å². The predicted octanol–water partition coefficient (Wildman–Crippen LogP) is 3.56. The normalized spacial score (nSPS) is 15.7. The second-order valence-electron chi connectivity index (χ2n) is 6.09. The van der Waals surface area contributed by atoms with Crippen LogP contribution in [0.1, 0.15) is 23.5 Å². The third-order valence-electron chi connectivity index (χ3n) is 4.47. The summed E-state index contributed by atoms with van der Waals surface area (Å²) in [6, 6.07) is 17.7. The number of H-pyrrole nitrogens is 1. The number of aromatic amines is 1. The molecule has 1 aliphatic heterocycles. The smallest absolute Gasteiger partial charge is 0.226 e. The maximum Gasteiger partial charge on any atom is 0.226 e. The Bertz CT molecular complexity index is 969. The van der Waals surface area contributed by atoms with Crippen LogP contribution in [0.2, 0.25) is 0 Å². The molecule has 0 spiro atoms. The van der Waals surface area contributed by atoms with E-state index in [4.69, 9.17) is 11.2 Å². The number of benzene rings is 2. The largest absolute Gasteiger partial charge is 0.481 e. The first-order valence-corrected chi connectivity index (χ1v) is 8.36. The first kappa shape index (κ1) is 16.0. The highest BCUT2D eigenvalue weighted by molar-refractivity contribution is 5.96. The van der Waals surface area contributed by atoms with Crippen LogP contribution in [0.25, 0.3) is 11.3 Å². The lowest BCUT2D eigenvalue weighted by molar-refractivity contribution is -0.116. The summed E-state index contributed by atoms with van der Waals surface area (Å²) in [5.74, 6) is 3.64. The highest BCUT2D eigenvalue weighted by Gasteiger charge is 2.31. The van der Waals surface area contributed by atoms with Crippen molar-refractivity contribution in [3.05, 3.63) is 65.7 Å². The lowest BCUT2D eigenvalue weighted by Gasteiger charge is -2.23. The first-order valence-electron chi connectivity index (χ1n) is 8.36. The molecule has 26 heavy (non-hydrogen) atoms. The van der Waals surface area contributed by atoms with Crippen molar-refractivity contribution in [1.29, 1.82) is 0 Å². The predicted molar refractivity (Wildman–Crippen MR) is 99.9 cm³/mol. The summed E-state index contributed by atoms with van der Waals surface area (Å²) in [6.45, 7) is 0.231. The van der Waals surface area contributed by atoms with Crippen molar-refractivity contribution in [1.82, 2.24) is 10.2 Å². The molecule has 5 heteroatoms. The number of rotatable bonds is 4. The number of carbonyl (C=O) groups excluding carboxylic acids is 1. The van der Waals surface area contributed by atoms with Crippen molar-refractivity contribution in [2.24, 2.45) is 0 Å². The monoisotopic (exact) mass is 343 g/mol. The van der Waals surface area contributed by atoms with Gasteiger partial charge in [0.1, 0.15) is 12.4 Å². The SMILES string of the molecule is C#CCOc1ccc(C2CC(=O)Nc3n[nH]c(-c4ccccc4)c32)cc1. The summed E-state index contributed by atoms with van der Waals surface area (Å²) < 4.78 is 5.43. The molecule has 0 saturated heterocycles. The average molecular weight is 343 g/mol. The zero-order valence-corrected chi connectivity index (χ0v) is 14.0. The minimum absolute atomic E-state index is 0.0405. The van der Waals surface area contributed by atoms with Gasteiger partial charge in [-0.1, -0.05) is 48.4 Å². The number of anilines is 1. The molecule has 128 valence electrons. The number of carbonyl (C=O) groups is 1. The maximum absolute atomic E-state index is 12.2. The Hall–Kier alpha value is -3.52. The van der Waals surface area contributed by atoms with Gasteiger partial charge in [0.15, 0.2) is 5.82 Å². The molecule has 2 N–H and O–H groups in total. The van der Waals surface area contributed by atoms with Crippen LogP contribution in [0.4, 0.5) is 5.82 Å². The van der Waals surface area contributed by atoms with Gasteiger partial charge in [-0.05, 0) is 23.3 Å². The maximum atomic E-state index is 12.2. The summed E-state index contributed by atoms with van der Waals surface area (Å²) in [5.41, 5.74) is 4.01. The second kappa shape index (κ2) is 6.77. The lowest BCUT2D eigenvalue weighted by Crippen LogP contribution is -2.23. The molecular formula is C21H17N3O2. The fourth-order valence-corrected chi connectivity index (χ4v) is 3.29. The molecule has 0 saturated carbocycles. The standard InChI is InChI=1S/C21H17N3O2/c1-2-12-26-16-10-8-14(9-11-16)17-13-18(25)22-21-19(17)20(23-24-21)15-6-4-3-5-7-15/h1,3-11,17H,12-13H2,(H2,22,23,24,25). The molecular weight excluding hydrogens is 326 g/mol. The first-order chi connectivity index (χ1) is 12.8. The van der Waals surface area contributed by atoms with Crippen LogP contribution in [-0.4, -0.2) is 22.7 Å². The van der Waals surface area contributed by atoms with E-state index >= 15 is 0 Å². The van der Waals surface area contributed by atoms with Crippen LogP contribution in [0.15, 0.2) is 54.6 Å². The highest BCUT2D eigenvalue weighted by Crippen LogP contribution is 2.41. The van der Waals surface area contributed by atoms with E-state index in [1.165, 1.54) is 0 Å². The Balaban J connectivity index is 1.74. The number of hydrogen-bond acceptors (Lipinski definition) is 3. The number of terminal acetylenes is 1. The van der Waals surface area contributed by atoms with E-state index in [0.717, 1.165) is 22.4 Å². The number of aromatic nitrogens is 2. The van der Waals surface area contributed by atoms with Crippen LogP contribution < -0.4 is 10.1 Å². The molecule has 1 aromatic heterocycles. The van der Waals surface area contributed by atoms with Gasteiger partial charge in [0.2, 0.25) is 5.91 Å². The minimum atomic E-state index is -0.0746. The zero-order chi connectivity index (χ0) is 17.9.